The van der Waals surface area contributed by atoms with Gasteiger partial charge in [0.15, 0.2) is 11.0 Å². The minimum absolute atomic E-state index is 0.0193. The highest BCUT2D eigenvalue weighted by Gasteiger charge is 2.17. The van der Waals surface area contributed by atoms with Crippen LogP contribution >= 0.6 is 11.6 Å². The van der Waals surface area contributed by atoms with E-state index in [1.807, 2.05) is 18.2 Å². The van der Waals surface area contributed by atoms with Crippen LogP contribution in [0.2, 0.25) is 5.15 Å². The maximum atomic E-state index is 12.4. The van der Waals surface area contributed by atoms with E-state index in [2.05, 4.69) is 14.7 Å². The summed E-state index contributed by atoms with van der Waals surface area (Å²) in [7, 11) is -2.34. The molecule has 3 rings (SSSR count). The van der Waals surface area contributed by atoms with Crippen molar-refractivity contribution < 1.29 is 17.9 Å². The first-order chi connectivity index (χ1) is 13.5. The number of methoxy groups -OCH3 is 1. The zero-order valence-corrected chi connectivity index (χ0v) is 16.3. The van der Waals surface area contributed by atoms with Gasteiger partial charge in [-0.05, 0) is 23.8 Å². The number of rotatable bonds is 7. The first-order valence-electron chi connectivity index (χ1n) is 8.05. The largest absolute Gasteiger partial charge is 0.497 e. The molecule has 0 fully saturated rings. The van der Waals surface area contributed by atoms with Crippen molar-refractivity contribution in [2.24, 2.45) is 0 Å². The molecule has 1 heterocycles. The van der Waals surface area contributed by atoms with Crippen molar-refractivity contribution in [2.45, 2.75) is 0 Å². The Morgan fingerprint density at radius 1 is 1.04 bits per heavy atom. The van der Waals surface area contributed by atoms with Gasteiger partial charge in [-0.25, -0.2) is 18.4 Å². The highest BCUT2D eigenvalue weighted by molar-refractivity contribution is 7.95. The third-order valence-electron chi connectivity index (χ3n) is 3.50. The van der Waals surface area contributed by atoms with E-state index in [1.165, 1.54) is 13.2 Å². The molecule has 1 aromatic heterocycles. The van der Waals surface area contributed by atoms with Crippen LogP contribution in [0.5, 0.6) is 17.2 Å². The van der Waals surface area contributed by atoms with Crippen LogP contribution in [0.1, 0.15) is 5.56 Å². The lowest BCUT2D eigenvalue weighted by Crippen LogP contribution is -2.11. The lowest BCUT2D eigenvalue weighted by atomic mass is 10.2. The van der Waals surface area contributed by atoms with Crippen molar-refractivity contribution in [2.75, 3.05) is 11.8 Å². The number of aromatic nitrogens is 2. The molecule has 9 heteroatoms. The van der Waals surface area contributed by atoms with E-state index in [0.717, 1.165) is 17.3 Å². The van der Waals surface area contributed by atoms with Crippen LogP contribution in [0.4, 0.5) is 5.82 Å². The molecule has 0 bridgehead atoms. The lowest BCUT2D eigenvalue weighted by Gasteiger charge is -2.12. The van der Waals surface area contributed by atoms with Crippen LogP contribution in [0.25, 0.3) is 6.08 Å². The first-order valence-corrected chi connectivity index (χ1v) is 9.97. The fraction of sp³-hybridized carbons (Fsp3) is 0.0526. The molecule has 0 spiro atoms. The van der Waals surface area contributed by atoms with Crippen LogP contribution in [-0.2, 0) is 10.0 Å². The fourth-order valence-electron chi connectivity index (χ4n) is 2.20. The molecule has 144 valence electrons. The molecule has 0 atom stereocenters. The van der Waals surface area contributed by atoms with Crippen molar-refractivity contribution in [1.29, 1.82) is 0 Å². The van der Waals surface area contributed by atoms with Crippen LogP contribution in [0, 0.1) is 0 Å². The molecule has 0 unspecified atom stereocenters. The second-order valence-corrected chi connectivity index (χ2v) is 7.41. The molecule has 0 aliphatic rings. The highest BCUT2D eigenvalue weighted by Crippen LogP contribution is 2.35. The predicted octanol–water partition coefficient (Wildman–Crippen LogP) is 4.34. The van der Waals surface area contributed by atoms with E-state index in [4.69, 9.17) is 21.1 Å². The summed E-state index contributed by atoms with van der Waals surface area (Å²) in [6, 6.07) is 15.8. The van der Waals surface area contributed by atoms with Gasteiger partial charge in [0.25, 0.3) is 10.0 Å². The summed E-state index contributed by atoms with van der Waals surface area (Å²) < 4.78 is 38.0. The van der Waals surface area contributed by atoms with Gasteiger partial charge >= 0.3 is 0 Å². The Morgan fingerprint density at radius 2 is 1.79 bits per heavy atom. The van der Waals surface area contributed by atoms with Gasteiger partial charge in [-0.15, -0.1) is 0 Å². The summed E-state index contributed by atoms with van der Waals surface area (Å²) in [6.07, 6.45) is 2.60. The quantitative estimate of drug-likeness (QED) is 0.575. The van der Waals surface area contributed by atoms with E-state index in [1.54, 1.807) is 36.4 Å². The molecule has 0 amide bonds. The zero-order valence-electron chi connectivity index (χ0n) is 14.7. The van der Waals surface area contributed by atoms with Crippen molar-refractivity contribution in [3.8, 4) is 17.2 Å². The Balaban J connectivity index is 1.86. The van der Waals surface area contributed by atoms with E-state index >= 15 is 0 Å². The van der Waals surface area contributed by atoms with Gasteiger partial charge in [0.2, 0.25) is 5.75 Å². The molecule has 0 saturated heterocycles. The maximum absolute atomic E-state index is 12.4. The van der Waals surface area contributed by atoms with Crippen molar-refractivity contribution in [3.63, 3.8) is 0 Å². The molecule has 0 radical (unpaired) electrons. The lowest BCUT2D eigenvalue weighted by molar-refractivity contribution is 0.409. The summed E-state index contributed by atoms with van der Waals surface area (Å²) >= 11 is 6.09. The van der Waals surface area contributed by atoms with Crippen molar-refractivity contribution in [1.82, 2.24) is 9.97 Å². The smallest absolute Gasteiger partial charge is 0.256 e. The van der Waals surface area contributed by atoms with E-state index < -0.39 is 10.0 Å². The van der Waals surface area contributed by atoms with Crippen molar-refractivity contribution >= 4 is 33.5 Å². The first kappa shape index (κ1) is 19.7. The highest BCUT2D eigenvalue weighted by atomic mass is 35.5. The molecule has 2 aromatic carbocycles. The number of hydrogen-bond donors (Lipinski definition) is 1. The molecule has 3 aromatic rings. The molecule has 0 saturated carbocycles. The average Bonchev–Trinajstić information content (AvgIpc) is 2.70. The van der Waals surface area contributed by atoms with E-state index in [0.29, 0.717) is 11.5 Å². The van der Waals surface area contributed by atoms with Gasteiger partial charge in [0.05, 0.1) is 12.5 Å². The van der Waals surface area contributed by atoms with Crippen LogP contribution in [0.15, 0.2) is 66.3 Å². The maximum Gasteiger partial charge on any atom is 0.256 e. The standard InChI is InChI=1S/C19H16ClN3O4S/c1-26-15-8-5-9-16(12-15)27-17-18(20)21-13-22-19(17)23-28(24,25)11-10-14-6-3-2-4-7-14/h2-13H,1H3,(H,21,22,23). The SMILES string of the molecule is COc1cccc(Oc2c(Cl)ncnc2NS(=O)(=O)C=Cc2ccccc2)c1. The van der Waals surface area contributed by atoms with Gasteiger partial charge in [-0.3, -0.25) is 4.72 Å². The van der Waals surface area contributed by atoms with Gasteiger partial charge in [0.1, 0.15) is 17.8 Å². The van der Waals surface area contributed by atoms with E-state index in [9.17, 15) is 8.42 Å². The average molecular weight is 418 g/mol. The summed E-state index contributed by atoms with van der Waals surface area (Å²) in [5.41, 5.74) is 0.737. The van der Waals surface area contributed by atoms with Crippen molar-refractivity contribution in [3.05, 3.63) is 77.0 Å². The Labute approximate surface area is 167 Å². The minimum Gasteiger partial charge on any atom is -0.497 e. The third kappa shape index (κ3) is 5.21. The van der Waals surface area contributed by atoms with E-state index in [-0.39, 0.29) is 16.7 Å². The molecule has 1 N–H and O–H groups in total. The molecule has 0 aliphatic carbocycles. The molecular formula is C19H16ClN3O4S. The van der Waals surface area contributed by atoms with Gasteiger partial charge < -0.3 is 9.47 Å². The zero-order chi connectivity index (χ0) is 20.0. The summed E-state index contributed by atoms with van der Waals surface area (Å²) in [4.78, 5) is 7.79. The van der Waals surface area contributed by atoms with Gasteiger partial charge in [0, 0.05) is 6.07 Å². The topological polar surface area (TPSA) is 90.4 Å². The number of halogens is 1. The van der Waals surface area contributed by atoms with Gasteiger partial charge in [-0.1, -0.05) is 48.0 Å². The molecular weight excluding hydrogens is 402 g/mol. The molecule has 7 nitrogen and oxygen atoms in total. The van der Waals surface area contributed by atoms with Crippen LogP contribution < -0.4 is 14.2 Å². The Morgan fingerprint density at radius 3 is 2.54 bits per heavy atom. The normalized spacial score (nSPS) is 11.4. The summed E-state index contributed by atoms with van der Waals surface area (Å²) in [5, 5.41) is 0.996. The van der Waals surface area contributed by atoms with Crippen LogP contribution in [0.3, 0.4) is 0 Å². The Kier molecular flexibility index (Phi) is 6.13. The second-order valence-electron chi connectivity index (χ2n) is 5.48. The second kappa shape index (κ2) is 8.73. The number of anilines is 1. The number of benzene rings is 2. The summed E-state index contributed by atoms with van der Waals surface area (Å²) in [6.45, 7) is 0. The monoisotopic (exact) mass is 417 g/mol. The summed E-state index contributed by atoms with van der Waals surface area (Å²) in [5.74, 6) is 0.851. The van der Waals surface area contributed by atoms with Gasteiger partial charge in [-0.2, -0.15) is 0 Å². The molecule has 0 aliphatic heterocycles. The fourth-order valence-corrected chi connectivity index (χ4v) is 3.19. The third-order valence-corrected chi connectivity index (χ3v) is 4.74. The number of nitrogens with one attached hydrogen (secondary N) is 1. The minimum atomic E-state index is -3.86. The number of hydrogen-bond acceptors (Lipinski definition) is 6. The predicted molar refractivity (Wildman–Crippen MR) is 108 cm³/mol. The Bertz CT molecular complexity index is 1090. The number of ether oxygens (including phenoxy) is 2. The Hall–Kier alpha value is -3.10. The molecule has 28 heavy (non-hydrogen) atoms. The number of sulfonamides is 1. The van der Waals surface area contributed by atoms with Crippen LogP contribution in [-0.4, -0.2) is 25.5 Å². The number of nitrogens with zero attached hydrogens (tertiary/aromatic N) is 2.